The number of rotatable bonds is 7. The zero-order valence-corrected chi connectivity index (χ0v) is 18.8. The molecule has 7 heteroatoms. The lowest BCUT2D eigenvalue weighted by Crippen LogP contribution is -2.18. The van der Waals surface area contributed by atoms with Gasteiger partial charge < -0.3 is 4.90 Å². The molecule has 0 saturated heterocycles. The van der Waals surface area contributed by atoms with Crippen LogP contribution < -0.4 is 4.90 Å². The molecule has 0 aliphatic rings. The van der Waals surface area contributed by atoms with Crippen molar-refractivity contribution in [3.63, 3.8) is 0 Å². The Morgan fingerprint density at radius 1 is 0.933 bits per heavy atom. The van der Waals surface area contributed by atoms with E-state index in [4.69, 9.17) is 23.2 Å². The molecule has 152 valence electrons. The molecule has 0 spiro atoms. The van der Waals surface area contributed by atoms with E-state index in [-0.39, 0.29) is 0 Å². The zero-order valence-electron chi connectivity index (χ0n) is 16.4. The number of azo groups is 1. The number of fused-ring (bicyclic) bond motifs is 1. The molecule has 4 rings (SSSR count). The van der Waals surface area contributed by atoms with Crippen molar-refractivity contribution in [1.29, 1.82) is 0 Å². The van der Waals surface area contributed by atoms with Crippen LogP contribution in [0.4, 0.5) is 16.5 Å². The third-order valence-corrected chi connectivity index (χ3v) is 6.48. The number of halogens is 2. The molecular formula is C23H20Cl2N4S. The van der Waals surface area contributed by atoms with Crippen molar-refractivity contribution in [2.24, 2.45) is 10.2 Å². The fourth-order valence-corrected chi connectivity index (χ4v) is 4.35. The molecule has 0 amide bonds. The van der Waals surface area contributed by atoms with Gasteiger partial charge >= 0.3 is 0 Å². The Morgan fingerprint density at radius 3 is 2.47 bits per heavy atom. The van der Waals surface area contributed by atoms with E-state index in [0.717, 1.165) is 35.5 Å². The second-order valence-electron chi connectivity index (χ2n) is 6.93. The molecule has 4 nitrogen and oxygen atoms in total. The van der Waals surface area contributed by atoms with Gasteiger partial charge in [-0.05, 0) is 54.8 Å². The number of hydrogen-bond acceptors (Lipinski definition) is 5. The summed E-state index contributed by atoms with van der Waals surface area (Å²) in [5.41, 5.74) is 3.97. The van der Waals surface area contributed by atoms with Gasteiger partial charge in [-0.2, -0.15) is 0 Å². The van der Waals surface area contributed by atoms with Gasteiger partial charge in [0.2, 0.25) is 5.13 Å². The van der Waals surface area contributed by atoms with Gasteiger partial charge in [0.15, 0.2) is 0 Å². The average molecular weight is 455 g/mol. The van der Waals surface area contributed by atoms with E-state index in [1.165, 1.54) is 16.9 Å². The lowest BCUT2D eigenvalue weighted by molar-refractivity contribution is 0.786. The Morgan fingerprint density at radius 2 is 1.70 bits per heavy atom. The largest absolute Gasteiger partial charge is 0.375 e. The van der Waals surface area contributed by atoms with Gasteiger partial charge in [0.25, 0.3) is 0 Å². The van der Waals surface area contributed by atoms with E-state index < -0.39 is 0 Å². The van der Waals surface area contributed by atoms with Crippen LogP contribution in [0.3, 0.4) is 0 Å². The monoisotopic (exact) mass is 454 g/mol. The molecule has 1 aromatic heterocycles. The molecule has 0 N–H and O–H groups in total. The lowest BCUT2D eigenvalue weighted by atomic mass is 10.1. The number of hydrogen-bond donors (Lipinski definition) is 0. The highest BCUT2D eigenvalue weighted by Gasteiger charge is 2.09. The number of anilines is 1. The predicted molar refractivity (Wildman–Crippen MR) is 128 cm³/mol. The minimum absolute atomic E-state index is 0.450. The van der Waals surface area contributed by atoms with Crippen molar-refractivity contribution in [3.05, 3.63) is 82.3 Å². The Labute approximate surface area is 189 Å². The standard InChI is InChI=1S/C23H20Cl2N4S/c1-29(15-5-8-16-6-3-2-4-7-16)18-11-9-17(10-12-18)27-28-23-26-22-20(30-23)14-13-19(24)21(22)25/h2-4,6-7,9-14H,5,8,15H2,1H3. The van der Waals surface area contributed by atoms with Gasteiger partial charge in [-0.1, -0.05) is 64.9 Å². The van der Waals surface area contributed by atoms with Crippen LogP contribution in [0.25, 0.3) is 10.2 Å². The number of benzene rings is 3. The van der Waals surface area contributed by atoms with Gasteiger partial charge in [0.1, 0.15) is 5.52 Å². The van der Waals surface area contributed by atoms with Crippen LogP contribution in [-0.4, -0.2) is 18.6 Å². The summed E-state index contributed by atoms with van der Waals surface area (Å²) >= 11 is 13.7. The lowest BCUT2D eigenvalue weighted by Gasteiger charge is -2.19. The summed E-state index contributed by atoms with van der Waals surface area (Å²) < 4.78 is 0.936. The van der Waals surface area contributed by atoms with Crippen molar-refractivity contribution in [2.75, 3.05) is 18.5 Å². The summed E-state index contributed by atoms with van der Waals surface area (Å²) in [4.78, 5) is 6.68. The van der Waals surface area contributed by atoms with Crippen molar-refractivity contribution < 1.29 is 0 Å². The molecule has 0 atom stereocenters. The van der Waals surface area contributed by atoms with Gasteiger partial charge in [-0.15, -0.1) is 10.2 Å². The Kier molecular flexibility index (Phi) is 6.62. The molecule has 0 radical (unpaired) electrons. The molecule has 0 unspecified atom stereocenters. The van der Waals surface area contributed by atoms with E-state index >= 15 is 0 Å². The molecule has 0 fully saturated rings. The molecule has 0 aliphatic heterocycles. The summed E-state index contributed by atoms with van der Waals surface area (Å²) in [5.74, 6) is 0. The summed E-state index contributed by atoms with van der Waals surface area (Å²) in [6.07, 6.45) is 2.18. The predicted octanol–water partition coefficient (Wildman–Crippen LogP) is 8.09. The third kappa shape index (κ3) is 4.98. The van der Waals surface area contributed by atoms with E-state index in [2.05, 4.69) is 69.6 Å². The fourth-order valence-electron chi connectivity index (χ4n) is 3.14. The highest BCUT2D eigenvalue weighted by Crippen LogP contribution is 2.36. The van der Waals surface area contributed by atoms with Crippen molar-refractivity contribution in [3.8, 4) is 0 Å². The van der Waals surface area contributed by atoms with Crippen LogP contribution in [0.1, 0.15) is 12.0 Å². The maximum atomic E-state index is 6.21. The van der Waals surface area contributed by atoms with Crippen LogP contribution >= 0.6 is 34.5 Å². The summed E-state index contributed by atoms with van der Waals surface area (Å²) in [6.45, 7) is 0.991. The smallest absolute Gasteiger partial charge is 0.231 e. The third-order valence-electron chi connectivity index (χ3n) is 4.78. The van der Waals surface area contributed by atoms with Crippen LogP contribution in [0.5, 0.6) is 0 Å². The second-order valence-corrected chi connectivity index (χ2v) is 8.73. The van der Waals surface area contributed by atoms with Crippen molar-refractivity contribution in [1.82, 2.24) is 4.98 Å². The number of aromatic nitrogens is 1. The SMILES string of the molecule is CN(CCCc1ccccc1)c1ccc(N=Nc2nc3c(Cl)c(Cl)ccc3s2)cc1. The van der Waals surface area contributed by atoms with Crippen LogP contribution in [0, 0.1) is 0 Å². The molecular weight excluding hydrogens is 435 g/mol. The average Bonchev–Trinajstić information content (AvgIpc) is 3.20. The Bertz CT molecular complexity index is 1160. The summed E-state index contributed by atoms with van der Waals surface area (Å²) in [6, 6.07) is 22.3. The molecule has 3 aromatic carbocycles. The van der Waals surface area contributed by atoms with Gasteiger partial charge in [-0.3, -0.25) is 0 Å². The fraction of sp³-hybridized carbons (Fsp3) is 0.174. The van der Waals surface area contributed by atoms with Crippen molar-refractivity contribution in [2.45, 2.75) is 12.8 Å². The molecule has 1 heterocycles. The van der Waals surface area contributed by atoms with E-state index in [0.29, 0.717) is 20.7 Å². The van der Waals surface area contributed by atoms with Gasteiger partial charge in [0.05, 0.1) is 20.4 Å². The highest BCUT2D eigenvalue weighted by atomic mass is 35.5. The number of aryl methyl sites for hydroxylation is 1. The normalized spacial score (nSPS) is 11.4. The quantitative estimate of drug-likeness (QED) is 0.264. The van der Waals surface area contributed by atoms with Crippen LogP contribution in [0.15, 0.2) is 77.0 Å². The maximum Gasteiger partial charge on any atom is 0.231 e. The number of thiazole rings is 1. The van der Waals surface area contributed by atoms with E-state index in [1.54, 1.807) is 6.07 Å². The second kappa shape index (κ2) is 9.56. The van der Waals surface area contributed by atoms with E-state index in [1.807, 2.05) is 18.2 Å². The first-order valence-corrected chi connectivity index (χ1v) is 11.2. The highest BCUT2D eigenvalue weighted by molar-refractivity contribution is 7.22. The molecule has 0 bridgehead atoms. The minimum atomic E-state index is 0.450. The molecule has 4 aromatic rings. The van der Waals surface area contributed by atoms with Crippen molar-refractivity contribution >= 4 is 61.3 Å². The van der Waals surface area contributed by atoms with E-state index in [9.17, 15) is 0 Å². The number of nitrogens with zero attached hydrogens (tertiary/aromatic N) is 4. The summed E-state index contributed by atoms with van der Waals surface area (Å²) in [7, 11) is 2.11. The molecule has 0 saturated carbocycles. The van der Waals surface area contributed by atoms with Gasteiger partial charge in [-0.25, -0.2) is 4.98 Å². The zero-order chi connectivity index (χ0) is 20.9. The first-order chi connectivity index (χ1) is 14.6. The Balaban J connectivity index is 1.36. The van der Waals surface area contributed by atoms with Crippen LogP contribution in [-0.2, 0) is 6.42 Å². The molecule has 30 heavy (non-hydrogen) atoms. The first kappa shape index (κ1) is 20.8. The Hall–Kier alpha value is -2.47. The maximum absolute atomic E-state index is 6.21. The first-order valence-electron chi connectivity index (χ1n) is 9.61. The minimum Gasteiger partial charge on any atom is -0.375 e. The molecule has 0 aliphatic carbocycles. The summed E-state index contributed by atoms with van der Waals surface area (Å²) in [5, 5.41) is 10.1. The topological polar surface area (TPSA) is 40.9 Å². The van der Waals surface area contributed by atoms with Crippen LogP contribution in [0.2, 0.25) is 10.0 Å². The van der Waals surface area contributed by atoms with Gasteiger partial charge in [0, 0.05) is 19.3 Å².